The van der Waals surface area contributed by atoms with Crippen molar-refractivity contribution in [1.82, 2.24) is 29.8 Å². The predicted molar refractivity (Wildman–Crippen MR) is 154 cm³/mol. The molecule has 4 N–H and O–H groups in total. The highest BCUT2D eigenvalue weighted by atomic mass is 19.1. The van der Waals surface area contributed by atoms with Gasteiger partial charge in [-0.3, -0.25) is 4.90 Å². The van der Waals surface area contributed by atoms with Gasteiger partial charge < -0.3 is 25.5 Å². The minimum atomic E-state index is -1.01. The first-order chi connectivity index (χ1) is 20.4. The van der Waals surface area contributed by atoms with E-state index >= 15 is 0 Å². The number of anilines is 2. The van der Waals surface area contributed by atoms with Crippen LogP contribution in [0.3, 0.4) is 0 Å². The molecular formula is C29H34F2N8O3. The molecule has 0 radical (unpaired) electrons. The van der Waals surface area contributed by atoms with Gasteiger partial charge in [-0.15, -0.1) is 0 Å². The molecule has 222 valence electrons. The molecule has 1 unspecified atom stereocenters. The number of carboxylic acids is 1. The second-order valence-corrected chi connectivity index (χ2v) is 10.2. The number of carboxylic acid groups (broad SMARTS) is 1. The lowest BCUT2D eigenvalue weighted by Gasteiger charge is -2.25. The van der Waals surface area contributed by atoms with Crippen molar-refractivity contribution >= 4 is 28.8 Å². The van der Waals surface area contributed by atoms with Gasteiger partial charge in [-0.25, -0.2) is 33.5 Å². The molecular weight excluding hydrogens is 546 g/mol. The van der Waals surface area contributed by atoms with Gasteiger partial charge in [0.05, 0.1) is 6.33 Å². The standard InChI is InChI=1S/C29H34F2N8O3/c30-20-14-21(31)16-23(15-20)42-13-12-39(10-2-1-5-22-7-6-19-4-3-9-32-26(19)37-22)11-8-24(29(40)41)38-28-25-27(34-17-33-25)35-18-36-28/h6-7,14-18,24H,1-5,8-13H2,(H,32,37)(H,40,41)(H2,33,34,35,36,38). The number of rotatable bonds is 15. The number of aromatic amines is 1. The van der Waals surface area contributed by atoms with Gasteiger partial charge in [0.2, 0.25) is 0 Å². The number of hydrogen-bond acceptors (Lipinski definition) is 9. The molecule has 0 saturated heterocycles. The van der Waals surface area contributed by atoms with Crippen molar-refractivity contribution in [2.75, 3.05) is 43.4 Å². The quantitative estimate of drug-likeness (QED) is 0.152. The number of aromatic nitrogens is 5. The summed E-state index contributed by atoms with van der Waals surface area (Å²) < 4.78 is 32.8. The van der Waals surface area contributed by atoms with E-state index in [-0.39, 0.29) is 18.8 Å². The number of aryl methyl sites for hydroxylation is 2. The zero-order valence-electron chi connectivity index (χ0n) is 23.2. The van der Waals surface area contributed by atoms with Crippen LogP contribution in [0.2, 0.25) is 0 Å². The summed E-state index contributed by atoms with van der Waals surface area (Å²) in [5.74, 6) is -0.982. The third-order valence-electron chi connectivity index (χ3n) is 7.19. The SMILES string of the molecule is O=C(O)C(CCN(CCCCc1ccc2c(n1)NCCC2)CCOc1cc(F)cc(F)c1)Nc1ncnc2nc[nH]c12. The summed E-state index contributed by atoms with van der Waals surface area (Å²) in [5.41, 5.74) is 3.26. The maximum Gasteiger partial charge on any atom is 0.326 e. The predicted octanol–water partition coefficient (Wildman–Crippen LogP) is 4.04. The van der Waals surface area contributed by atoms with E-state index in [0.717, 1.165) is 68.4 Å². The Morgan fingerprint density at radius 1 is 1.10 bits per heavy atom. The number of unbranched alkanes of at least 4 members (excludes halogenated alkanes) is 1. The van der Waals surface area contributed by atoms with Gasteiger partial charge in [-0.1, -0.05) is 6.07 Å². The van der Waals surface area contributed by atoms with Crippen molar-refractivity contribution in [3.05, 3.63) is 65.9 Å². The summed E-state index contributed by atoms with van der Waals surface area (Å²) >= 11 is 0. The Bertz CT molecular complexity index is 1480. The molecule has 13 heteroatoms. The van der Waals surface area contributed by atoms with Crippen LogP contribution in [0.1, 0.15) is 36.9 Å². The largest absolute Gasteiger partial charge is 0.492 e. The molecule has 0 aliphatic carbocycles. The molecule has 1 atom stereocenters. The molecule has 42 heavy (non-hydrogen) atoms. The van der Waals surface area contributed by atoms with Gasteiger partial charge in [-0.2, -0.15) is 0 Å². The lowest BCUT2D eigenvalue weighted by molar-refractivity contribution is -0.138. The van der Waals surface area contributed by atoms with Gasteiger partial charge in [0.15, 0.2) is 11.5 Å². The van der Waals surface area contributed by atoms with E-state index in [4.69, 9.17) is 9.72 Å². The van der Waals surface area contributed by atoms with Crippen LogP contribution in [-0.4, -0.2) is 79.7 Å². The van der Waals surface area contributed by atoms with E-state index in [1.165, 1.54) is 18.2 Å². The van der Waals surface area contributed by atoms with Gasteiger partial charge in [-0.05, 0) is 56.7 Å². The van der Waals surface area contributed by atoms with Crippen LogP contribution in [0.4, 0.5) is 20.4 Å². The third kappa shape index (κ3) is 7.87. The Balaban J connectivity index is 1.18. The lowest BCUT2D eigenvalue weighted by Crippen LogP contribution is -2.37. The van der Waals surface area contributed by atoms with Crippen LogP contribution in [0.5, 0.6) is 5.75 Å². The Labute approximate surface area is 241 Å². The van der Waals surface area contributed by atoms with Gasteiger partial charge in [0, 0.05) is 43.5 Å². The topological polar surface area (TPSA) is 141 Å². The summed E-state index contributed by atoms with van der Waals surface area (Å²) in [6.07, 6.45) is 7.83. The fourth-order valence-corrected chi connectivity index (χ4v) is 5.00. The molecule has 0 amide bonds. The Morgan fingerprint density at radius 2 is 1.95 bits per heavy atom. The minimum Gasteiger partial charge on any atom is -0.492 e. The van der Waals surface area contributed by atoms with Crippen molar-refractivity contribution < 1.29 is 23.4 Å². The van der Waals surface area contributed by atoms with E-state index in [0.29, 0.717) is 36.6 Å². The van der Waals surface area contributed by atoms with Crippen LogP contribution in [0, 0.1) is 11.6 Å². The number of halogens is 2. The summed E-state index contributed by atoms with van der Waals surface area (Å²) in [4.78, 5) is 34.2. The van der Waals surface area contributed by atoms with Gasteiger partial charge in [0.1, 0.15) is 47.7 Å². The Morgan fingerprint density at radius 3 is 2.79 bits per heavy atom. The smallest absolute Gasteiger partial charge is 0.326 e. The minimum absolute atomic E-state index is 0.108. The van der Waals surface area contributed by atoms with Gasteiger partial charge >= 0.3 is 5.97 Å². The number of fused-ring (bicyclic) bond motifs is 2. The molecule has 0 fully saturated rings. The molecule has 5 rings (SSSR count). The first-order valence-corrected chi connectivity index (χ1v) is 14.1. The van der Waals surface area contributed by atoms with Crippen LogP contribution < -0.4 is 15.4 Å². The summed E-state index contributed by atoms with van der Waals surface area (Å²) in [6.45, 7) is 2.72. The average molecular weight is 581 g/mol. The fourth-order valence-electron chi connectivity index (χ4n) is 5.00. The molecule has 0 spiro atoms. The number of carbonyl (C=O) groups is 1. The highest BCUT2D eigenvalue weighted by molar-refractivity contribution is 5.85. The molecule has 1 aliphatic rings. The second-order valence-electron chi connectivity index (χ2n) is 10.2. The maximum atomic E-state index is 13.6. The zero-order chi connectivity index (χ0) is 29.3. The molecule has 4 heterocycles. The molecule has 11 nitrogen and oxygen atoms in total. The van der Waals surface area contributed by atoms with E-state index < -0.39 is 23.6 Å². The fraction of sp³-hybridized carbons (Fsp3) is 0.414. The highest BCUT2D eigenvalue weighted by Gasteiger charge is 2.21. The van der Waals surface area contributed by atoms with Crippen LogP contribution >= 0.6 is 0 Å². The van der Waals surface area contributed by atoms with Gasteiger partial charge in [0.25, 0.3) is 0 Å². The monoisotopic (exact) mass is 580 g/mol. The number of pyridine rings is 1. The van der Waals surface area contributed by atoms with Crippen molar-refractivity contribution in [1.29, 1.82) is 0 Å². The third-order valence-corrected chi connectivity index (χ3v) is 7.19. The molecule has 1 aromatic carbocycles. The second kappa shape index (κ2) is 14.0. The number of aliphatic carboxylic acids is 1. The summed E-state index contributed by atoms with van der Waals surface area (Å²) in [5, 5.41) is 16.3. The number of benzene rings is 1. The molecule has 1 aliphatic heterocycles. The number of nitrogens with zero attached hydrogens (tertiary/aromatic N) is 5. The summed E-state index contributed by atoms with van der Waals surface area (Å²) in [7, 11) is 0. The number of ether oxygens (including phenoxy) is 1. The average Bonchev–Trinajstić information content (AvgIpc) is 3.46. The number of nitrogens with one attached hydrogen (secondary N) is 3. The van der Waals surface area contributed by atoms with E-state index in [2.05, 4.69) is 47.6 Å². The van der Waals surface area contributed by atoms with Crippen LogP contribution in [-0.2, 0) is 17.6 Å². The van der Waals surface area contributed by atoms with Crippen molar-refractivity contribution in [2.24, 2.45) is 0 Å². The highest BCUT2D eigenvalue weighted by Crippen LogP contribution is 2.21. The molecule has 3 aromatic heterocycles. The Kier molecular flexibility index (Phi) is 9.70. The summed E-state index contributed by atoms with van der Waals surface area (Å²) in [6, 6.07) is 6.38. The first kappa shape index (κ1) is 29.1. The van der Waals surface area contributed by atoms with Crippen molar-refractivity contribution in [3.8, 4) is 5.75 Å². The molecule has 0 bridgehead atoms. The number of imidazole rings is 1. The zero-order valence-corrected chi connectivity index (χ0v) is 23.2. The van der Waals surface area contributed by atoms with Crippen molar-refractivity contribution in [2.45, 2.75) is 44.6 Å². The van der Waals surface area contributed by atoms with E-state index in [9.17, 15) is 18.7 Å². The lowest BCUT2D eigenvalue weighted by atomic mass is 10.1. The number of H-pyrrole nitrogens is 1. The molecule has 0 saturated carbocycles. The Hall–Kier alpha value is -4.39. The molecule has 4 aromatic rings. The normalized spacial score (nSPS) is 13.5. The van der Waals surface area contributed by atoms with E-state index in [1.54, 1.807) is 0 Å². The van der Waals surface area contributed by atoms with Crippen LogP contribution in [0.25, 0.3) is 11.2 Å². The first-order valence-electron chi connectivity index (χ1n) is 14.1. The van der Waals surface area contributed by atoms with Crippen LogP contribution in [0.15, 0.2) is 43.0 Å². The number of hydrogen-bond donors (Lipinski definition) is 4. The van der Waals surface area contributed by atoms with E-state index in [1.807, 2.05) is 0 Å². The maximum absolute atomic E-state index is 13.6. The van der Waals surface area contributed by atoms with Crippen molar-refractivity contribution in [3.63, 3.8) is 0 Å².